The number of ether oxygens (including phenoxy) is 2. The molecule has 3 fully saturated rings. The number of rotatable bonds is 6. The number of carbonyl (C=O) groups excluding carboxylic acids is 1. The molecule has 0 radical (unpaired) electrons. The summed E-state index contributed by atoms with van der Waals surface area (Å²) in [5.41, 5.74) is 2.73. The SMILES string of the molecule is N#Cc1ccc(-c2ccc(OC(=O)C3CCC(C4CCC(CC5CO5)CC4)CC3)cc2)cc1. The highest BCUT2D eigenvalue weighted by molar-refractivity contribution is 5.75. The molecule has 1 saturated heterocycles. The number of nitriles is 1. The average Bonchev–Trinajstić information content (AvgIpc) is 3.69. The van der Waals surface area contributed by atoms with Crippen LogP contribution in [-0.2, 0) is 9.53 Å². The van der Waals surface area contributed by atoms with Crippen LogP contribution in [0.15, 0.2) is 48.5 Å². The van der Waals surface area contributed by atoms with Crippen LogP contribution in [0.25, 0.3) is 11.1 Å². The molecule has 1 unspecified atom stereocenters. The van der Waals surface area contributed by atoms with Gasteiger partial charge >= 0.3 is 5.97 Å². The third kappa shape index (κ3) is 5.65. The zero-order valence-corrected chi connectivity index (χ0v) is 19.2. The Balaban J connectivity index is 1.07. The fourth-order valence-corrected chi connectivity index (χ4v) is 5.95. The van der Waals surface area contributed by atoms with Gasteiger partial charge in [0.15, 0.2) is 0 Å². The van der Waals surface area contributed by atoms with E-state index < -0.39 is 0 Å². The van der Waals surface area contributed by atoms with Gasteiger partial charge in [0, 0.05) is 0 Å². The second-order valence-electron chi connectivity index (χ2n) is 10.2. The topological polar surface area (TPSA) is 62.6 Å². The molecule has 2 aliphatic carbocycles. The van der Waals surface area contributed by atoms with E-state index in [2.05, 4.69) is 6.07 Å². The van der Waals surface area contributed by atoms with Crippen molar-refractivity contribution in [3.05, 3.63) is 54.1 Å². The Morgan fingerprint density at radius 2 is 1.39 bits per heavy atom. The van der Waals surface area contributed by atoms with Gasteiger partial charge in [-0.15, -0.1) is 0 Å². The predicted octanol–water partition coefficient (Wildman–Crippen LogP) is 6.53. The van der Waals surface area contributed by atoms with Crippen molar-refractivity contribution in [1.82, 2.24) is 0 Å². The Hall–Kier alpha value is -2.64. The lowest BCUT2D eigenvalue weighted by Gasteiger charge is -2.37. The second-order valence-corrected chi connectivity index (χ2v) is 10.2. The molecular weight excluding hydrogens is 410 g/mol. The molecule has 0 N–H and O–H groups in total. The molecule has 0 spiro atoms. The Bertz CT molecular complexity index is 971. The van der Waals surface area contributed by atoms with Crippen molar-refractivity contribution in [3.8, 4) is 22.9 Å². The van der Waals surface area contributed by atoms with Gasteiger partial charge in [-0.1, -0.05) is 37.1 Å². The summed E-state index contributed by atoms with van der Waals surface area (Å²) in [7, 11) is 0. The van der Waals surface area contributed by atoms with Crippen molar-refractivity contribution >= 4 is 5.97 Å². The van der Waals surface area contributed by atoms with E-state index in [1.165, 1.54) is 44.9 Å². The highest BCUT2D eigenvalue weighted by Crippen LogP contribution is 2.43. The fraction of sp³-hybridized carbons (Fsp3) is 0.517. The molecule has 2 saturated carbocycles. The van der Waals surface area contributed by atoms with Crippen molar-refractivity contribution in [2.45, 2.75) is 63.9 Å². The molecule has 172 valence electrons. The number of hydrogen-bond donors (Lipinski definition) is 0. The van der Waals surface area contributed by atoms with Gasteiger partial charge in [-0.05, 0) is 98.1 Å². The van der Waals surface area contributed by atoms with Crippen molar-refractivity contribution in [3.63, 3.8) is 0 Å². The fourth-order valence-electron chi connectivity index (χ4n) is 5.95. The first kappa shape index (κ1) is 22.2. The summed E-state index contributed by atoms with van der Waals surface area (Å²) in [6.45, 7) is 0.987. The normalized spacial score (nSPS) is 29.1. The van der Waals surface area contributed by atoms with E-state index in [0.29, 0.717) is 17.4 Å². The van der Waals surface area contributed by atoms with Gasteiger partial charge in [-0.3, -0.25) is 4.79 Å². The van der Waals surface area contributed by atoms with Crippen molar-refractivity contribution in [1.29, 1.82) is 5.26 Å². The maximum atomic E-state index is 12.8. The smallest absolute Gasteiger partial charge is 0.314 e. The minimum atomic E-state index is -0.0762. The van der Waals surface area contributed by atoms with Gasteiger partial charge < -0.3 is 9.47 Å². The van der Waals surface area contributed by atoms with Gasteiger partial charge in [-0.2, -0.15) is 5.26 Å². The number of nitrogens with zero attached hydrogens (tertiary/aromatic N) is 1. The van der Waals surface area contributed by atoms with E-state index in [4.69, 9.17) is 14.7 Å². The Morgan fingerprint density at radius 3 is 1.94 bits per heavy atom. The molecule has 4 nitrogen and oxygen atoms in total. The highest BCUT2D eigenvalue weighted by atomic mass is 16.6. The molecule has 0 aromatic heterocycles. The van der Waals surface area contributed by atoms with E-state index in [-0.39, 0.29) is 11.9 Å². The molecule has 33 heavy (non-hydrogen) atoms. The number of epoxide rings is 1. The largest absolute Gasteiger partial charge is 0.426 e. The van der Waals surface area contributed by atoms with Crippen LogP contribution in [0.5, 0.6) is 5.75 Å². The quantitative estimate of drug-likeness (QED) is 0.289. The number of esters is 1. The number of carbonyl (C=O) groups is 1. The van der Waals surface area contributed by atoms with Crippen LogP contribution in [0.1, 0.15) is 63.4 Å². The zero-order chi connectivity index (χ0) is 22.6. The van der Waals surface area contributed by atoms with E-state index in [1.54, 1.807) is 0 Å². The van der Waals surface area contributed by atoms with Gasteiger partial charge in [0.2, 0.25) is 0 Å². The first-order chi connectivity index (χ1) is 16.2. The summed E-state index contributed by atoms with van der Waals surface area (Å²) in [5, 5.41) is 8.94. The lowest BCUT2D eigenvalue weighted by molar-refractivity contribution is -0.140. The van der Waals surface area contributed by atoms with Gasteiger partial charge in [0.05, 0.1) is 30.3 Å². The number of benzene rings is 2. The second kappa shape index (κ2) is 10.1. The van der Waals surface area contributed by atoms with Crippen LogP contribution in [0.3, 0.4) is 0 Å². The monoisotopic (exact) mass is 443 g/mol. The van der Waals surface area contributed by atoms with Crippen LogP contribution < -0.4 is 4.74 Å². The van der Waals surface area contributed by atoms with Crippen LogP contribution in [-0.4, -0.2) is 18.7 Å². The molecular formula is C29H33NO3. The molecule has 0 bridgehead atoms. The van der Waals surface area contributed by atoms with E-state index in [1.807, 2.05) is 48.5 Å². The lowest BCUT2D eigenvalue weighted by Crippen LogP contribution is -2.30. The molecule has 1 aliphatic heterocycles. The third-order valence-electron chi connectivity index (χ3n) is 8.08. The summed E-state index contributed by atoms with van der Waals surface area (Å²) in [5.74, 6) is 3.09. The van der Waals surface area contributed by atoms with Crippen molar-refractivity contribution in [2.24, 2.45) is 23.7 Å². The maximum Gasteiger partial charge on any atom is 0.314 e. The van der Waals surface area contributed by atoms with Crippen molar-refractivity contribution < 1.29 is 14.3 Å². The predicted molar refractivity (Wildman–Crippen MR) is 127 cm³/mol. The summed E-state index contributed by atoms with van der Waals surface area (Å²) >= 11 is 0. The summed E-state index contributed by atoms with van der Waals surface area (Å²) in [6.07, 6.45) is 11.6. The molecule has 5 rings (SSSR count). The minimum absolute atomic E-state index is 0.0304. The standard InChI is InChI=1S/C29H33NO3/c30-18-21-3-7-23(8-4-21)25-13-15-27(16-14-25)33-29(31)26-11-9-24(10-12-26)22-5-1-20(2-6-22)17-28-19-32-28/h3-4,7-8,13-16,20,22,24,26,28H,1-2,5-6,9-12,17,19H2. The zero-order valence-electron chi connectivity index (χ0n) is 19.2. The van der Waals surface area contributed by atoms with Crippen LogP contribution in [0.4, 0.5) is 0 Å². The highest BCUT2D eigenvalue weighted by Gasteiger charge is 2.35. The van der Waals surface area contributed by atoms with Gasteiger partial charge in [0.25, 0.3) is 0 Å². The van der Waals surface area contributed by atoms with E-state index in [0.717, 1.165) is 48.3 Å². The molecule has 2 aromatic carbocycles. The van der Waals surface area contributed by atoms with Crippen LogP contribution in [0.2, 0.25) is 0 Å². The third-order valence-corrected chi connectivity index (χ3v) is 8.08. The average molecular weight is 444 g/mol. The van der Waals surface area contributed by atoms with Crippen molar-refractivity contribution in [2.75, 3.05) is 6.61 Å². The van der Waals surface area contributed by atoms with Gasteiger partial charge in [-0.25, -0.2) is 0 Å². The van der Waals surface area contributed by atoms with Crippen LogP contribution >= 0.6 is 0 Å². The van der Waals surface area contributed by atoms with E-state index >= 15 is 0 Å². The van der Waals surface area contributed by atoms with E-state index in [9.17, 15) is 4.79 Å². The molecule has 4 heteroatoms. The Labute approximate surface area is 196 Å². The molecule has 3 aliphatic rings. The Morgan fingerprint density at radius 1 is 0.848 bits per heavy atom. The first-order valence-corrected chi connectivity index (χ1v) is 12.6. The van der Waals surface area contributed by atoms with Gasteiger partial charge in [0.1, 0.15) is 5.75 Å². The minimum Gasteiger partial charge on any atom is -0.426 e. The summed E-state index contributed by atoms with van der Waals surface area (Å²) < 4.78 is 11.1. The Kier molecular flexibility index (Phi) is 6.78. The molecule has 2 aromatic rings. The van der Waals surface area contributed by atoms with Crippen LogP contribution in [0, 0.1) is 35.0 Å². The lowest BCUT2D eigenvalue weighted by atomic mass is 9.68. The summed E-state index contributed by atoms with van der Waals surface area (Å²) in [4.78, 5) is 12.8. The molecule has 1 heterocycles. The summed E-state index contributed by atoms with van der Waals surface area (Å²) in [6, 6.07) is 17.3. The number of hydrogen-bond acceptors (Lipinski definition) is 4. The first-order valence-electron chi connectivity index (χ1n) is 12.6. The molecule has 1 atom stereocenters. The molecule has 0 amide bonds. The maximum absolute atomic E-state index is 12.8.